The molecule has 5 nitrogen and oxygen atoms in total. The molecular formula is C12H19NO4. The summed E-state index contributed by atoms with van der Waals surface area (Å²) in [5, 5.41) is 0. The fourth-order valence-corrected chi connectivity index (χ4v) is 2.32. The molecule has 0 aromatic carbocycles. The van der Waals surface area contributed by atoms with Gasteiger partial charge in [-0.15, -0.1) is 0 Å². The lowest BCUT2D eigenvalue weighted by atomic mass is 9.77. The van der Waals surface area contributed by atoms with E-state index >= 15 is 0 Å². The lowest BCUT2D eigenvalue weighted by molar-refractivity contribution is -0.156. The molecule has 0 aromatic heterocycles. The van der Waals surface area contributed by atoms with E-state index in [0.29, 0.717) is 26.1 Å². The second-order valence-corrected chi connectivity index (χ2v) is 5.63. The third kappa shape index (κ3) is 2.16. The lowest BCUT2D eigenvalue weighted by Gasteiger charge is -2.52. The Hall–Kier alpha value is -1.10. The van der Waals surface area contributed by atoms with E-state index in [1.807, 2.05) is 20.8 Å². The molecule has 1 amide bonds. The molecule has 2 saturated heterocycles. The van der Waals surface area contributed by atoms with Crippen molar-refractivity contribution in [2.75, 3.05) is 19.8 Å². The highest BCUT2D eigenvalue weighted by Crippen LogP contribution is 2.37. The first kappa shape index (κ1) is 12.4. The molecule has 0 saturated carbocycles. The van der Waals surface area contributed by atoms with Gasteiger partial charge in [0.25, 0.3) is 0 Å². The zero-order chi connectivity index (χ0) is 12.7. The van der Waals surface area contributed by atoms with E-state index in [1.165, 1.54) is 0 Å². The van der Waals surface area contributed by atoms with Crippen molar-refractivity contribution >= 4 is 11.9 Å². The minimum absolute atomic E-state index is 0.131. The monoisotopic (exact) mass is 241 g/mol. The molecule has 5 heteroatoms. The molecule has 2 fully saturated rings. The molecule has 17 heavy (non-hydrogen) atoms. The van der Waals surface area contributed by atoms with E-state index in [-0.39, 0.29) is 18.4 Å². The molecule has 1 spiro atoms. The van der Waals surface area contributed by atoms with Gasteiger partial charge in [0.05, 0.1) is 6.54 Å². The number of likely N-dealkylation sites (tertiary alicyclic amines) is 1. The third-order valence-electron chi connectivity index (χ3n) is 3.27. The first-order valence-corrected chi connectivity index (χ1v) is 5.97. The van der Waals surface area contributed by atoms with Crippen LogP contribution in [0.3, 0.4) is 0 Å². The summed E-state index contributed by atoms with van der Waals surface area (Å²) in [4.78, 5) is 25.3. The largest absolute Gasteiger partial charge is 0.444 e. The Morgan fingerprint density at radius 1 is 1.35 bits per heavy atom. The van der Waals surface area contributed by atoms with Gasteiger partial charge in [0.2, 0.25) is 0 Å². The molecule has 96 valence electrons. The molecule has 2 aliphatic rings. The molecule has 0 N–H and O–H groups in total. The summed E-state index contributed by atoms with van der Waals surface area (Å²) in [7, 11) is 0. The van der Waals surface area contributed by atoms with Crippen LogP contribution >= 0.6 is 0 Å². The number of rotatable bonds is 0. The molecular weight excluding hydrogens is 222 g/mol. The van der Waals surface area contributed by atoms with Gasteiger partial charge in [0, 0.05) is 26.1 Å². The quantitative estimate of drug-likeness (QED) is 0.642. The predicted molar refractivity (Wildman–Crippen MR) is 60.7 cm³/mol. The van der Waals surface area contributed by atoms with Gasteiger partial charge in [-0.2, -0.15) is 0 Å². The van der Waals surface area contributed by atoms with Crippen LogP contribution in [0.5, 0.6) is 0 Å². The van der Waals surface area contributed by atoms with Crippen molar-refractivity contribution in [3.63, 3.8) is 0 Å². The van der Waals surface area contributed by atoms with Crippen LogP contribution in [0.25, 0.3) is 0 Å². The van der Waals surface area contributed by atoms with Crippen LogP contribution in [0.15, 0.2) is 0 Å². The van der Waals surface area contributed by atoms with E-state index in [0.717, 1.165) is 0 Å². The van der Waals surface area contributed by atoms with Gasteiger partial charge in [0.1, 0.15) is 11.1 Å². The van der Waals surface area contributed by atoms with Crippen LogP contribution in [0.2, 0.25) is 0 Å². The lowest BCUT2D eigenvalue weighted by Crippen LogP contribution is -2.71. The molecule has 2 heterocycles. The minimum Gasteiger partial charge on any atom is -0.444 e. The molecule has 0 radical (unpaired) electrons. The summed E-state index contributed by atoms with van der Waals surface area (Å²) < 4.78 is 10.6. The van der Waals surface area contributed by atoms with Crippen LogP contribution in [0.4, 0.5) is 4.79 Å². The zero-order valence-electron chi connectivity index (χ0n) is 10.6. The van der Waals surface area contributed by atoms with E-state index < -0.39 is 11.1 Å². The number of ether oxygens (including phenoxy) is 2. The van der Waals surface area contributed by atoms with Crippen molar-refractivity contribution in [3.8, 4) is 0 Å². The maximum atomic E-state index is 12.0. The SMILES string of the molecule is CC(C)(C)OC(=O)N1CC(=O)C12CCOCC2. The summed E-state index contributed by atoms with van der Waals surface area (Å²) in [6, 6.07) is 0. The zero-order valence-corrected chi connectivity index (χ0v) is 10.6. The Labute approximate surface area is 101 Å². The Morgan fingerprint density at radius 2 is 1.94 bits per heavy atom. The van der Waals surface area contributed by atoms with Crippen LogP contribution < -0.4 is 0 Å². The van der Waals surface area contributed by atoms with Gasteiger partial charge in [0.15, 0.2) is 5.78 Å². The van der Waals surface area contributed by atoms with Crippen LogP contribution in [-0.4, -0.2) is 47.7 Å². The predicted octanol–water partition coefficient (Wildman–Crippen LogP) is 1.36. The van der Waals surface area contributed by atoms with Crippen molar-refractivity contribution in [2.24, 2.45) is 0 Å². The Bertz CT molecular complexity index is 339. The Balaban J connectivity index is 2.07. The molecule has 0 aliphatic carbocycles. The van der Waals surface area contributed by atoms with Gasteiger partial charge in [-0.05, 0) is 20.8 Å². The van der Waals surface area contributed by atoms with Crippen molar-refractivity contribution in [2.45, 2.75) is 44.8 Å². The number of Topliss-reactive ketones (excluding diaryl/α,β-unsaturated/α-hetero) is 1. The summed E-state index contributed by atoms with van der Waals surface area (Å²) in [6.07, 6.45) is 0.787. The highest BCUT2D eigenvalue weighted by molar-refractivity contribution is 6.01. The van der Waals surface area contributed by atoms with Crippen molar-refractivity contribution in [1.29, 1.82) is 0 Å². The van der Waals surface area contributed by atoms with Crippen LogP contribution in [-0.2, 0) is 14.3 Å². The Kier molecular flexibility index (Phi) is 2.89. The van der Waals surface area contributed by atoms with E-state index in [4.69, 9.17) is 9.47 Å². The third-order valence-corrected chi connectivity index (χ3v) is 3.27. The minimum atomic E-state index is -0.638. The smallest absolute Gasteiger partial charge is 0.411 e. The number of carbonyl (C=O) groups is 2. The second kappa shape index (κ2) is 3.98. The summed E-state index contributed by atoms with van der Waals surface area (Å²) >= 11 is 0. The molecule has 0 aromatic rings. The summed E-state index contributed by atoms with van der Waals surface area (Å²) in [5.41, 5.74) is -1.16. The number of hydrogen-bond acceptors (Lipinski definition) is 4. The highest BCUT2D eigenvalue weighted by atomic mass is 16.6. The van der Waals surface area contributed by atoms with E-state index in [9.17, 15) is 9.59 Å². The normalized spacial score (nSPS) is 23.5. The van der Waals surface area contributed by atoms with Crippen molar-refractivity contribution in [3.05, 3.63) is 0 Å². The van der Waals surface area contributed by atoms with Gasteiger partial charge < -0.3 is 9.47 Å². The highest BCUT2D eigenvalue weighted by Gasteiger charge is 2.56. The molecule has 2 aliphatic heterocycles. The van der Waals surface area contributed by atoms with Crippen molar-refractivity contribution < 1.29 is 19.1 Å². The van der Waals surface area contributed by atoms with Crippen molar-refractivity contribution in [1.82, 2.24) is 4.90 Å². The maximum Gasteiger partial charge on any atom is 0.411 e. The fraction of sp³-hybridized carbons (Fsp3) is 0.833. The first-order valence-electron chi connectivity index (χ1n) is 5.97. The summed E-state index contributed by atoms with van der Waals surface area (Å²) in [6.45, 7) is 6.71. The molecule has 0 atom stereocenters. The molecule has 2 rings (SSSR count). The number of amides is 1. The molecule has 0 unspecified atom stereocenters. The number of carbonyl (C=O) groups excluding carboxylic acids is 2. The Morgan fingerprint density at radius 3 is 2.41 bits per heavy atom. The van der Waals surface area contributed by atoms with Gasteiger partial charge in [-0.3, -0.25) is 9.69 Å². The second-order valence-electron chi connectivity index (χ2n) is 5.63. The molecule has 0 bridgehead atoms. The van der Waals surface area contributed by atoms with Crippen LogP contribution in [0.1, 0.15) is 33.6 Å². The number of hydrogen-bond donors (Lipinski definition) is 0. The number of ketones is 1. The standard InChI is InChI=1S/C12H19NO4/c1-11(2,3)17-10(15)13-8-9(14)12(13)4-6-16-7-5-12/h4-8H2,1-3H3. The van der Waals surface area contributed by atoms with E-state index in [1.54, 1.807) is 4.90 Å². The van der Waals surface area contributed by atoms with Crippen LogP contribution in [0, 0.1) is 0 Å². The maximum absolute atomic E-state index is 12.0. The first-order chi connectivity index (χ1) is 7.85. The summed E-state index contributed by atoms with van der Waals surface area (Å²) in [5.74, 6) is 0.131. The van der Waals surface area contributed by atoms with E-state index in [2.05, 4.69) is 0 Å². The fourth-order valence-electron chi connectivity index (χ4n) is 2.32. The average molecular weight is 241 g/mol. The average Bonchev–Trinajstić information content (AvgIpc) is 2.24. The van der Waals surface area contributed by atoms with Gasteiger partial charge in [-0.25, -0.2) is 4.79 Å². The van der Waals surface area contributed by atoms with Gasteiger partial charge >= 0.3 is 6.09 Å². The topological polar surface area (TPSA) is 55.8 Å². The van der Waals surface area contributed by atoms with Gasteiger partial charge in [-0.1, -0.05) is 0 Å². The number of nitrogens with zero attached hydrogens (tertiary/aromatic N) is 1.